The van der Waals surface area contributed by atoms with Crippen LogP contribution in [0.25, 0.3) is 0 Å². The van der Waals surface area contributed by atoms with Crippen LogP contribution in [0.5, 0.6) is 0 Å². The van der Waals surface area contributed by atoms with Crippen molar-refractivity contribution >= 4 is 11.3 Å². The zero-order chi connectivity index (χ0) is 15.3. The smallest absolute Gasteiger partial charge is 0.131 e. The number of thiazole rings is 1. The lowest BCUT2D eigenvalue weighted by Gasteiger charge is -2.39. The first-order valence-corrected chi connectivity index (χ1v) is 8.33. The molecule has 1 aliphatic rings. The molecule has 0 spiro atoms. The van der Waals surface area contributed by atoms with Gasteiger partial charge in [-0.05, 0) is 23.8 Å². The first kappa shape index (κ1) is 14.7. The normalized spacial score (nSPS) is 20.8. The van der Waals surface area contributed by atoms with E-state index >= 15 is 0 Å². The highest BCUT2D eigenvalue weighted by Gasteiger charge is 2.40. The molecule has 112 valence electrons. The summed E-state index contributed by atoms with van der Waals surface area (Å²) in [6, 6.07) is 9.80. The standard InChI is InChI=1S/C18H23NOS/c1-17(2)10-13-15(18(3,4)11-17)21-16(19-13)14(20)12-8-6-5-7-9-12/h5-9,14,20H,10-11H2,1-4H3. The number of hydrogen-bond acceptors (Lipinski definition) is 3. The summed E-state index contributed by atoms with van der Waals surface area (Å²) in [6.45, 7) is 9.21. The van der Waals surface area contributed by atoms with Crippen LogP contribution in [0.1, 0.15) is 61.4 Å². The average Bonchev–Trinajstić information content (AvgIpc) is 2.81. The van der Waals surface area contributed by atoms with Gasteiger partial charge in [0.1, 0.15) is 11.1 Å². The highest BCUT2D eigenvalue weighted by molar-refractivity contribution is 7.12. The van der Waals surface area contributed by atoms with E-state index in [4.69, 9.17) is 4.98 Å². The Hall–Kier alpha value is -1.19. The van der Waals surface area contributed by atoms with Gasteiger partial charge in [-0.2, -0.15) is 0 Å². The van der Waals surface area contributed by atoms with Crippen LogP contribution in [0.15, 0.2) is 30.3 Å². The Labute approximate surface area is 130 Å². The van der Waals surface area contributed by atoms with Crippen molar-refractivity contribution in [3.63, 3.8) is 0 Å². The molecule has 0 bridgehead atoms. The van der Waals surface area contributed by atoms with E-state index < -0.39 is 6.10 Å². The summed E-state index contributed by atoms with van der Waals surface area (Å²) in [6.07, 6.45) is 1.56. The summed E-state index contributed by atoms with van der Waals surface area (Å²) in [4.78, 5) is 6.14. The van der Waals surface area contributed by atoms with Gasteiger partial charge in [0.2, 0.25) is 0 Å². The number of fused-ring (bicyclic) bond motifs is 1. The molecule has 1 heterocycles. The van der Waals surface area contributed by atoms with Crippen LogP contribution in [0.3, 0.4) is 0 Å². The highest BCUT2D eigenvalue weighted by atomic mass is 32.1. The monoisotopic (exact) mass is 301 g/mol. The lowest BCUT2D eigenvalue weighted by molar-refractivity contribution is 0.217. The molecule has 1 N–H and O–H groups in total. The molecular formula is C18H23NOS. The molecule has 1 unspecified atom stereocenters. The third-order valence-electron chi connectivity index (χ3n) is 4.24. The average molecular weight is 301 g/mol. The Kier molecular flexibility index (Phi) is 3.45. The number of aromatic nitrogens is 1. The molecule has 1 aromatic heterocycles. The number of benzene rings is 1. The largest absolute Gasteiger partial charge is 0.381 e. The van der Waals surface area contributed by atoms with Gasteiger partial charge in [0.05, 0.1) is 5.69 Å². The Balaban J connectivity index is 2.00. The fraction of sp³-hybridized carbons (Fsp3) is 0.500. The summed E-state index contributed by atoms with van der Waals surface area (Å²) in [5.74, 6) is 0. The fourth-order valence-corrected chi connectivity index (χ4v) is 4.90. The summed E-state index contributed by atoms with van der Waals surface area (Å²) in [7, 11) is 0. The quantitative estimate of drug-likeness (QED) is 0.887. The molecule has 0 amide bonds. The van der Waals surface area contributed by atoms with Crippen molar-refractivity contribution in [1.82, 2.24) is 4.98 Å². The van der Waals surface area contributed by atoms with E-state index in [1.165, 1.54) is 10.6 Å². The third kappa shape index (κ3) is 2.77. The van der Waals surface area contributed by atoms with Crippen molar-refractivity contribution in [1.29, 1.82) is 0 Å². The summed E-state index contributed by atoms with van der Waals surface area (Å²) < 4.78 is 0. The number of nitrogens with zero attached hydrogens (tertiary/aromatic N) is 1. The van der Waals surface area contributed by atoms with Gasteiger partial charge in [0, 0.05) is 10.3 Å². The Morgan fingerprint density at radius 2 is 1.81 bits per heavy atom. The predicted molar refractivity (Wildman–Crippen MR) is 87.7 cm³/mol. The maximum absolute atomic E-state index is 10.6. The minimum absolute atomic E-state index is 0.142. The number of hydrogen-bond donors (Lipinski definition) is 1. The van der Waals surface area contributed by atoms with Crippen molar-refractivity contribution in [2.75, 3.05) is 0 Å². The van der Waals surface area contributed by atoms with Crippen molar-refractivity contribution in [3.05, 3.63) is 51.5 Å². The maximum atomic E-state index is 10.6. The van der Waals surface area contributed by atoms with Crippen LogP contribution in [0, 0.1) is 5.41 Å². The molecule has 0 radical (unpaired) electrons. The second-order valence-electron chi connectivity index (χ2n) is 7.54. The topological polar surface area (TPSA) is 33.1 Å². The van der Waals surface area contributed by atoms with Crippen LogP contribution in [-0.2, 0) is 11.8 Å². The SMILES string of the molecule is CC1(C)Cc2nc(C(O)c3ccccc3)sc2C(C)(C)C1. The fourth-order valence-electron chi connectivity index (χ4n) is 3.71. The molecule has 0 fully saturated rings. The lowest BCUT2D eigenvalue weighted by Crippen LogP contribution is -2.33. The van der Waals surface area contributed by atoms with Gasteiger partial charge in [-0.1, -0.05) is 58.0 Å². The van der Waals surface area contributed by atoms with Gasteiger partial charge in [-0.15, -0.1) is 11.3 Å². The van der Waals surface area contributed by atoms with Gasteiger partial charge in [0.25, 0.3) is 0 Å². The van der Waals surface area contributed by atoms with Gasteiger partial charge < -0.3 is 5.11 Å². The molecule has 1 aromatic carbocycles. The first-order valence-electron chi connectivity index (χ1n) is 7.52. The van der Waals surface area contributed by atoms with E-state index in [2.05, 4.69) is 27.7 Å². The van der Waals surface area contributed by atoms with Crippen molar-refractivity contribution in [2.45, 2.75) is 52.1 Å². The lowest BCUT2D eigenvalue weighted by atomic mass is 9.67. The van der Waals surface area contributed by atoms with Crippen LogP contribution in [0.4, 0.5) is 0 Å². The minimum Gasteiger partial charge on any atom is -0.381 e. The molecule has 3 rings (SSSR count). The molecule has 0 saturated carbocycles. The molecule has 0 aliphatic heterocycles. The van der Waals surface area contributed by atoms with E-state index in [-0.39, 0.29) is 10.8 Å². The Bertz CT molecular complexity index is 642. The summed E-state index contributed by atoms with van der Waals surface area (Å²) in [5, 5.41) is 11.4. The van der Waals surface area contributed by atoms with Crippen molar-refractivity contribution in [2.24, 2.45) is 5.41 Å². The van der Waals surface area contributed by atoms with Crippen molar-refractivity contribution in [3.8, 4) is 0 Å². The molecule has 1 atom stereocenters. The van der Waals surface area contributed by atoms with Crippen LogP contribution < -0.4 is 0 Å². The van der Waals surface area contributed by atoms with Crippen molar-refractivity contribution < 1.29 is 5.11 Å². The zero-order valence-electron chi connectivity index (χ0n) is 13.2. The summed E-state index contributed by atoms with van der Waals surface area (Å²) >= 11 is 1.68. The van der Waals surface area contributed by atoms with E-state index in [1.54, 1.807) is 11.3 Å². The van der Waals surface area contributed by atoms with E-state index in [9.17, 15) is 5.11 Å². The maximum Gasteiger partial charge on any atom is 0.131 e. The first-order chi connectivity index (χ1) is 9.78. The van der Waals surface area contributed by atoms with Crippen LogP contribution in [0.2, 0.25) is 0 Å². The number of rotatable bonds is 2. The Morgan fingerprint density at radius 3 is 2.48 bits per heavy atom. The second-order valence-corrected chi connectivity index (χ2v) is 8.57. The summed E-state index contributed by atoms with van der Waals surface area (Å²) in [5.41, 5.74) is 2.52. The van der Waals surface area contributed by atoms with Gasteiger partial charge in [-0.3, -0.25) is 0 Å². The van der Waals surface area contributed by atoms with Crippen LogP contribution in [-0.4, -0.2) is 10.1 Å². The molecule has 1 aliphatic carbocycles. The second kappa shape index (κ2) is 4.92. The van der Waals surface area contributed by atoms with E-state index in [0.717, 1.165) is 23.4 Å². The van der Waals surface area contributed by atoms with Crippen LogP contribution >= 0.6 is 11.3 Å². The predicted octanol–water partition coefficient (Wildman–Crippen LogP) is 4.47. The number of aliphatic hydroxyl groups is 1. The van der Waals surface area contributed by atoms with Gasteiger partial charge >= 0.3 is 0 Å². The van der Waals surface area contributed by atoms with Gasteiger partial charge in [-0.25, -0.2) is 4.98 Å². The third-order valence-corrected chi connectivity index (χ3v) is 5.76. The molecule has 3 heteroatoms. The molecule has 2 nitrogen and oxygen atoms in total. The number of aliphatic hydroxyl groups excluding tert-OH is 1. The molecule has 2 aromatic rings. The minimum atomic E-state index is -0.610. The Morgan fingerprint density at radius 1 is 1.14 bits per heavy atom. The van der Waals surface area contributed by atoms with Gasteiger partial charge in [0.15, 0.2) is 0 Å². The molecule has 21 heavy (non-hydrogen) atoms. The molecular weight excluding hydrogens is 278 g/mol. The molecule has 0 saturated heterocycles. The van der Waals surface area contributed by atoms with E-state index in [1.807, 2.05) is 30.3 Å². The zero-order valence-corrected chi connectivity index (χ0v) is 14.0. The highest BCUT2D eigenvalue weighted by Crippen LogP contribution is 2.48. The van der Waals surface area contributed by atoms with E-state index in [0.29, 0.717) is 0 Å².